The lowest BCUT2D eigenvalue weighted by molar-refractivity contribution is 0.209. The first-order valence-corrected chi connectivity index (χ1v) is 7.71. The third kappa shape index (κ3) is 6.60. The molecular weight excluding hydrogens is 250 g/mol. The second-order valence-electron chi connectivity index (χ2n) is 5.58. The molecule has 1 atom stereocenters. The van der Waals surface area contributed by atoms with Crippen LogP contribution in [0.25, 0.3) is 0 Å². The van der Waals surface area contributed by atoms with Crippen molar-refractivity contribution in [1.29, 1.82) is 0 Å². The zero-order valence-electron chi connectivity index (χ0n) is 12.7. The van der Waals surface area contributed by atoms with Crippen LogP contribution in [0, 0.1) is 5.92 Å². The molecule has 0 heterocycles. The van der Waals surface area contributed by atoms with Gasteiger partial charge in [0.05, 0.1) is 0 Å². The van der Waals surface area contributed by atoms with E-state index in [9.17, 15) is 4.79 Å². The van der Waals surface area contributed by atoms with Gasteiger partial charge in [0.2, 0.25) is 0 Å². The summed E-state index contributed by atoms with van der Waals surface area (Å²) >= 11 is 0. The first-order valence-electron chi connectivity index (χ1n) is 7.71. The van der Waals surface area contributed by atoms with Gasteiger partial charge in [-0.2, -0.15) is 0 Å². The summed E-state index contributed by atoms with van der Waals surface area (Å²) in [5.41, 5.74) is 1.81. The van der Waals surface area contributed by atoms with Gasteiger partial charge < -0.3 is 5.11 Å². The molecule has 1 aromatic rings. The Morgan fingerprint density at radius 2 is 1.95 bits per heavy atom. The zero-order valence-corrected chi connectivity index (χ0v) is 12.7. The highest BCUT2D eigenvalue weighted by atomic mass is 16.4. The Kier molecular flexibility index (Phi) is 7.78. The van der Waals surface area contributed by atoms with Gasteiger partial charge in [-0.25, -0.2) is 4.79 Å². The number of carbonyl (C=O) groups is 1. The highest BCUT2D eigenvalue weighted by Crippen LogP contribution is 2.21. The van der Waals surface area contributed by atoms with Crippen molar-refractivity contribution < 1.29 is 9.90 Å². The average Bonchev–Trinajstić information content (AvgIpc) is 2.42. The van der Waals surface area contributed by atoms with Crippen molar-refractivity contribution in [3.8, 4) is 0 Å². The van der Waals surface area contributed by atoms with Crippen molar-refractivity contribution in [2.75, 3.05) is 5.32 Å². The van der Waals surface area contributed by atoms with Crippen LogP contribution in [0.5, 0.6) is 0 Å². The predicted octanol–water partition coefficient (Wildman–Crippen LogP) is 5.32. The number of unbranched alkanes of at least 4 members (excludes halogenated alkanes) is 3. The summed E-state index contributed by atoms with van der Waals surface area (Å²) in [6, 6.07) is 7.67. The summed E-state index contributed by atoms with van der Waals surface area (Å²) < 4.78 is 0. The van der Waals surface area contributed by atoms with Crippen molar-refractivity contribution >= 4 is 11.8 Å². The molecule has 0 aliphatic heterocycles. The molecule has 0 saturated heterocycles. The van der Waals surface area contributed by atoms with E-state index >= 15 is 0 Å². The average molecular weight is 277 g/mol. The minimum absolute atomic E-state index is 0.699. The van der Waals surface area contributed by atoms with Crippen molar-refractivity contribution in [3.63, 3.8) is 0 Å². The fraction of sp³-hybridized carbons (Fsp3) is 0.588. The summed E-state index contributed by atoms with van der Waals surface area (Å²) in [4.78, 5) is 10.8. The first kappa shape index (κ1) is 16.5. The Morgan fingerprint density at radius 1 is 1.20 bits per heavy atom. The second kappa shape index (κ2) is 9.40. The van der Waals surface area contributed by atoms with Crippen LogP contribution in [0.15, 0.2) is 24.3 Å². The van der Waals surface area contributed by atoms with Crippen LogP contribution in [0.3, 0.4) is 0 Å². The topological polar surface area (TPSA) is 49.3 Å². The summed E-state index contributed by atoms with van der Waals surface area (Å²) in [5, 5.41) is 11.3. The molecule has 0 saturated carbocycles. The first-order chi connectivity index (χ1) is 9.63. The monoisotopic (exact) mass is 277 g/mol. The van der Waals surface area contributed by atoms with E-state index in [4.69, 9.17) is 5.11 Å². The molecule has 0 aliphatic rings. The number of carboxylic acid groups (broad SMARTS) is 1. The Hall–Kier alpha value is -1.51. The highest BCUT2D eigenvalue weighted by molar-refractivity contribution is 5.83. The molecule has 0 fully saturated rings. The molecular formula is C17H27NO2. The molecule has 1 unspecified atom stereocenters. The van der Waals surface area contributed by atoms with Crippen LogP contribution in [0.1, 0.15) is 57.9 Å². The van der Waals surface area contributed by atoms with E-state index in [0.717, 1.165) is 24.1 Å². The standard InChI is InChI=1S/C17H27NO2/c1-3-4-5-6-9-14(2)12-13-15-10-7-8-11-16(15)18-17(19)20/h7-8,10-11,14,18H,3-6,9,12-13H2,1-2H3,(H,19,20). The van der Waals surface area contributed by atoms with Gasteiger partial charge >= 0.3 is 6.09 Å². The van der Waals surface area contributed by atoms with Gasteiger partial charge in [-0.3, -0.25) is 5.32 Å². The van der Waals surface area contributed by atoms with Gasteiger partial charge in [0.25, 0.3) is 0 Å². The number of rotatable bonds is 9. The fourth-order valence-electron chi connectivity index (χ4n) is 2.44. The normalized spacial score (nSPS) is 12.1. The van der Waals surface area contributed by atoms with E-state index in [1.165, 1.54) is 32.1 Å². The lowest BCUT2D eigenvalue weighted by Crippen LogP contribution is -2.09. The number of aryl methyl sites for hydroxylation is 1. The molecule has 20 heavy (non-hydrogen) atoms. The highest BCUT2D eigenvalue weighted by Gasteiger charge is 2.07. The minimum Gasteiger partial charge on any atom is -0.465 e. The van der Waals surface area contributed by atoms with E-state index in [1.807, 2.05) is 24.3 Å². The molecule has 0 aromatic heterocycles. The molecule has 2 N–H and O–H groups in total. The minimum atomic E-state index is -0.995. The number of nitrogens with one attached hydrogen (secondary N) is 1. The second-order valence-corrected chi connectivity index (χ2v) is 5.58. The Balaban J connectivity index is 2.38. The molecule has 1 rings (SSSR count). The van der Waals surface area contributed by atoms with Crippen molar-refractivity contribution in [3.05, 3.63) is 29.8 Å². The lowest BCUT2D eigenvalue weighted by atomic mass is 9.95. The van der Waals surface area contributed by atoms with Gasteiger partial charge in [0, 0.05) is 5.69 Å². The summed E-state index contributed by atoms with van der Waals surface area (Å²) in [5.74, 6) is 0.699. The van der Waals surface area contributed by atoms with Crippen LogP contribution in [0.2, 0.25) is 0 Å². The lowest BCUT2D eigenvalue weighted by Gasteiger charge is -2.13. The maximum Gasteiger partial charge on any atom is 0.409 e. The van der Waals surface area contributed by atoms with E-state index in [0.29, 0.717) is 5.92 Å². The van der Waals surface area contributed by atoms with E-state index in [-0.39, 0.29) is 0 Å². The molecule has 0 bridgehead atoms. The van der Waals surface area contributed by atoms with Gasteiger partial charge in [-0.05, 0) is 30.4 Å². The van der Waals surface area contributed by atoms with Gasteiger partial charge in [0.1, 0.15) is 0 Å². The summed E-state index contributed by atoms with van der Waals surface area (Å²) in [6.07, 6.45) is 7.58. The third-order valence-corrected chi connectivity index (χ3v) is 3.72. The van der Waals surface area contributed by atoms with E-state index < -0.39 is 6.09 Å². The number of hydrogen-bond acceptors (Lipinski definition) is 1. The fourth-order valence-corrected chi connectivity index (χ4v) is 2.44. The Labute approximate surface area is 122 Å². The van der Waals surface area contributed by atoms with E-state index in [1.54, 1.807) is 0 Å². The van der Waals surface area contributed by atoms with Crippen molar-refractivity contribution in [1.82, 2.24) is 0 Å². The molecule has 1 amide bonds. The molecule has 112 valence electrons. The number of para-hydroxylation sites is 1. The Bertz CT molecular complexity index is 404. The molecule has 0 aliphatic carbocycles. The number of benzene rings is 1. The van der Waals surface area contributed by atoms with E-state index in [2.05, 4.69) is 19.2 Å². The maximum atomic E-state index is 10.8. The van der Waals surface area contributed by atoms with Crippen LogP contribution in [0.4, 0.5) is 10.5 Å². The predicted molar refractivity (Wildman–Crippen MR) is 84.3 cm³/mol. The largest absolute Gasteiger partial charge is 0.465 e. The van der Waals surface area contributed by atoms with Crippen LogP contribution < -0.4 is 5.32 Å². The smallest absolute Gasteiger partial charge is 0.409 e. The SMILES string of the molecule is CCCCCCC(C)CCc1ccccc1NC(=O)O. The van der Waals surface area contributed by atoms with Crippen LogP contribution in [-0.2, 0) is 6.42 Å². The number of amides is 1. The molecule has 3 heteroatoms. The molecule has 0 radical (unpaired) electrons. The van der Waals surface area contributed by atoms with Crippen molar-refractivity contribution in [2.45, 2.75) is 58.8 Å². The van der Waals surface area contributed by atoms with Gasteiger partial charge in [0.15, 0.2) is 0 Å². The van der Waals surface area contributed by atoms with Crippen LogP contribution in [-0.4, -0.2) is 11.2 Å². The summed E-state index contributed by atoms with van der Waals surface area (Å²) in [7, 11) is 0. The Morgan fingerprint density at radius 3 is 2.65 bits per heavy atom. The van der Waals surface area contributed by atoms with Gasteiger partial charge in [-0.1, -0.05) is 64.2 Å². The molecule has 3 nitrogen and oxygen atoms in total. The molecule has 0 spiro atoms. The number of anilines is 1. The van der Waals surface area contributed by atoms with Crippen molar-refractivity contribution in [2.24, 2.45) is 5.92 Å². The number of hydrogen-bond donors (Lipinski definition) is 2. The van der Waals surface area contributed by atoms with Gasteiger partial charge in [-0.15, -0.1) is 0 Å². The molecule has 1 aromatic carbocycles. The maximum absolute atomic E-state index is 10.8. The van der Waals surface area contributed by atoms with Crippen LogP contribution >= 0.6 is 0 Å². The quantitative estimate of drug-likeness (QED) is 0.600. The zero-order chi connectivity index (χ0) is 14.8. The summed E-state index contributed by atoms with van der Waals surface area (Å²) in [6.45, 7) is 4.52. The third-order valence-electron chi connectivity index (χ3n) is 3.72.